The lowest BCUT2D eigenvalue weighted by Gasteiger charge is -2.40. The van der Waals surface area contributed by atoms with Crippen molar-refractivity contribution >= 4 is 5.69 Å². The van der Waals surface area contributed by atoms with E-state index in [1.165, 1.54) is 19.3 Å². The van der Waals surface area contributed by atoms with E-state index in [1.54, 1.807) is 0 Å². The molecule has 0 spiro atoms. The van der Waals surface area contributed by atoms with Crippen molar-refractivity contribution in [1.82, 2.24) is 0 Å². The van der Waals surface area contributed by atoms with Gasteiger partial charge in [0.2, 0.25) is 0 Å². The summed E-state index contributed by atoms with van der Waals surface area (Å²) in [5.41, 5.74) is 3.13. The Morgan fingerprint density at radius 2 is 2.13 bits per heavy atom. The summed E-state index contributed by atoms with van der Waals surface area (Å²) in [5.74, 6) is 0. The maximum Gasteiger partial charge on any atom is 0.101 e. The maximum atomic E-state index is 9.04. The fourth-order valence-electron chi connectivity index (χ4n) is 2.06. The first-order valence-electron chi connectivity index (χ1n) is 5.42. The van der Waals surface area contributed by atoms with Crippen molar-refractivity contribution in [2.24, 2.45) is 0 Å². The van der Waals surface area contributed by atoms with E-state index in [4.69, 9.17) is 5.26 Å². The van der Waals surface area contributed by atoms with Crippen molar-refractivity contribution in [1.29, 1.82) is 5.26 Å². The minimum absolute atomic E-state index is 0.206. The summed E-state index contributed by atoms with van der Waals surface area (Å²) in [4.78, 5) is 0. The molecule has 2 heteroatoms. The van der Waals surface area contributed by atoms with Crippen LogP contribution in [0.15, 0.2) is 18.2 Å². The van der Waals surface area contributed by atoms with Gasteiger partial charge in [0.05, 0.1) is 11.3 Å². The molecule has 0 atom stereocenters. The summed E-state index contributed by atoms with van der Waals surface area (Å²) in [6.07, 6.45) is 3.69. The molecule has 0 aromatic heterocycles. The minimum Gasteiger partial charge on any atom is -0.379 e. The lowest BCUT2D eigenvalue weighted by atomic mass is 9.78. The van der Waals surface area contributed by atoms with E-state index in [0.717, 1.165) is 16.8 Å². The summed E-state index contributed by atoms with van der Waals surface area (Å²) in [6.45, 7) is 4.27. The number of benzene rings is 1. The van der Waals surface area contributed by atoms with E-state index >= 15 is 0 Å². The third-order valence-electron chi connectivity index (χ3n) is 3.28. The highest BCUT2D eigenvalue weighted by Crippen LogP contribution is 2.36. The molecule has 1 aliphatic carbocycles. The number of hydrogen-bond donors (Lipinski definition) is 1. The summed E-state index contributed by atoms with van der Waals surface area (Å²) >= 11 is 0. The molecule has 0 aliphatic heterocycles. The zero-order valence-corrected chi connectivity index (χ0v) is 9.30. The van der Waals surface area contributed by atoms with Gasteiger partial charge >= 0.3 is 0 Å². The second-order valence-electron chi connectivity index (χ2n) is 4.65. The molecule has 0 radical (unpaired) electrons. The number of aryl methyl sites for hydroxylation is 1. The molecule has 1 aliphatic rings. The van der Waals surface area contributed by atoms with Crippen LogP contribution >= 0.6 is 0 Å². The van der Waals surface area contributed by atoms with E-state index in [2.05, 4.69) is 18.3 Å². The highest BCUT2D eigenvalue weighted by Gasteiger charge is 2.32. The van der Waals surface area contributed by atoms with Gasteiger partial charge in [0.15, 0.2) is 0 Å². The van der Waals surface area contributed by atoms with Crippen molar-refractivity contribution < 1.29 is 0 Å². The van der Waals surface area contributed by atoms with Gasteiger partial charge in [-0.1, -0.05) is 12.1 Å². The van der Waals surface area contributed by atoms with E-state index in [1.807, 2.05) is 25.1 Å². The normalized spacial score (nSPS) is 17.7. The fourth-order valence-corrected chi connectivity index (χ4v) is 2.06. The Bertz CT molecular complexity index is 411. The smallest absolute Gasteiger partial charge is 0.101 e. The van der Waals surface area contributed by atoms with Crippen LogP contribution in [0.1, 0.15) is 37.3 Å². The van der Waals surface area contributed by atoms with Crippen LogP contribution in [0.25, 0.3) is 0 Å². The van der Waals surface area contributed by atoms with Gasteiger partial charge in [0.25, 0.3) is 0 Å². The minimum atomic E-state index is 0.206. The number of para-hydroxylation sites is 1. The molecular formula is C13H16N2. The molecule has 0 amide bonds. The Labute approximate surface area is 90.9 Å². The molecular weight excluding hydrogens is 184 g/mol. The number of hydrogen-bond acceptors (Lipinski definition) is 2. The van der Waals surface area contributed by atoms with E-state index in [0.29, 0.717) is 0 Å². The fraction of sp³-hybridized carbons (Fsp3) is 0.462. The first-order chi connectivity index (χ1) is 7.14. The molecule has 0 unspecified atom stereocenters. The quantitative estimate of drug-likeness (QED) is 0.795. The van der Waals surface area contributed by atoms with Gasteiger partial charge in [-0.3, -0.25) is 0 Å². The zero-order valence-electron chi connectivity index (χ0n) is 9.30. The van der Waals surface area contributed by atoms with Gasteiger partial charge in [-0.15, -0.1) is 0 Å². The van der Waals surface area contributed by atoms with Crippen molar-refractivity contribution in [3.63, 3.8) is 0 Å². The Hall–Kier alpha value is -1.49. The van der Waals surface area contributed by atoms with Crippen molar-refractivity contribution in [2.75, 3.05) is 5.32 Å². The van der Waals surface area contributed by atoms with Crippen LogP contribution in [0.5, 0.6) is 0 Å². The summed E-state index contributed by atoms with van der Waals surface area (Å²) in [7, 11) is 0. The van der Waals surface area contributed by atoms with Gasteiger partial charge in [-0.2, -0.15) is 5.26 Å². The van der Waals surface area contributed by atoms with Crippen LogP contribution < -0.4 is 5.32 Å². The lowest BCUT2D eigenvalue weighted by molar-refractivity contribution is 0.306. The van der Waals surface area contributed by atoms with Crippen LogP contribution in [-0.4, -0.2) is 5.54 Å². The SMILES string of the molecule is Cc1cccc(C#N)c1NC1(C)CCC1. The van der Waals surface area contributed by atoms with Gasteiger partial charge in [-0.05, 0) is 44.7 Å². The number of anilines is 1. The Kier molecular flexibility index (Phi) is 2.40. The number of nitriles is 1. The molecule has 15 heavy (non-hydrogen) atoms. The second kappa shape index (κ2) is 3.58. The molecule has 1 fully saturated rings. The van der Waals surface area contributed by atoms with Crippen molar-refractivity contribution in [3.8, 4) is 6.07 Å². The average Bonchev–Trinajstić information content (AvgIpc) is 2.18. The molecule has 2 rings (SSSR count). The maximum absolute atomic E-state index is 9.04. The lowest BCUT2D eigenvalue weighted by Crippen LogP contribution is -2.42. The zero-order chi connectivity index (χ0) is 10.9. The predicted octanol–water partition coefficient (Wildman–Crippen LogP) is 3.22. The van der Waals surface area contributed by atoms with Crippen LogP contribution in [0.2, 0.25) is 0 Å². The third kappa shape index (κ3) is 1.83. The highest BCUT2D eigenvalue weighted by molar-refractivity contribution is 5.63. The summed E-state index contributed by atoms with van der Waals surface area (Å²) in [5, 5.41) is 12.6. The summed E-state index contributed by atoms with van der Waals surface area (Å²) in [6, 6.07) is 8.10. The largest absolute Gasteiger partial charge is 0.379 e. The second-order valence-corrected chi connectivity index (χ2v) is 4.65. The van der Waals surface area contributed by atoms with Gasteiger partial charge < -0.3 is 5.32 Å². The Morgan fingerprint density at radius 1 is 1.40 bits per heavy atom. The third-order valence-corrected chi connectivity index (χ3v) is 3.28. The summed E-state index contributed by atoms with van der Waals surface area (Å²) < 4.78 is 0. The molecule has 2 nitrogen and oxygen atoms in total. The van der Waals surface area contributed by atoms with E-state index in [-0.39, 0.29) is 5.54 Å². The monoisotopic (exact) mass is 200 g/mol. The Morgan fingerprint density at radius 3 is 2.67 bits per heavy atom. The Balaban J connectivity index is 2.31. The first-order valence-corrected chi connectivity index (χ1v) is 5.42. The molecule has 0 heterocycles. The van der Waals surface area contributed by atoms with Gasteiger partial charge in [0.1, 0.15) is 6.07 Å². The molecule has 1 saturated carbocycles. The standard InChI is InChI=1S/C13H16N2/c1-10-5-3-6-11(9-14)12(10)15-13(2)7-4-8-13/h3,5-6,15H,4,7-8H2,1-2H3. The first kappa shape index (κ1) is 10.0. The molecule has 1 aromatic carbocycles. The van der Waals surface area contributed by atoms with Crippen molar-refractivity contribution in [2.45, 2.75) is 38.6 Å². The molecule has 78 valence electrons. The van der Waals surface area contributed by atoms with Crippen LogP contribution in [-0.2, 0) is 0 Å². The molecule has 0 bridgehead atoms. The van der Waals surface area contributed by atoms with Crippen LogP contribution in [0.3, 0.4) is 0 Å². The molecule has 0 saturated heterocycles. The van der Waals surface area contributed by atoms with Gasteiger partial charge in [-0.25, -0.2) is 0 Å². The van der Waals surface area contributed by atoms with Crippen LogP contribution in [0, 0.1) is 18.3 Å². The molecule has 1 aromatic rings. The topological polar surface area (TPSA) is 35.8 Å². The van der Waals surface area contributed by atoms with E-state index < -0.39 is 0 Å². The average molecular weight is 200 g/mol. The number of rotatable bonds is 2. The van der Waals surface area contributed by atoms with Gasteiger partial charge in [0, 0.05) is 5.54 Å². The number of nitrogens with one attached hydrogen (secondary N) is 1. The highest BCUT2D eigenvalue weighted by atomic mass is 15.0. The van der Waals surface area contributed by atoms with Crippen LogP contribution in [0.4, 0.5) is 5.69 Å². The molecule has 1 N–H and O–H groups in total. The predicted molar refractivity (Wildman–Crippen MR) is 61.8 cm³/mol. The number of nitrogens with zero attached hydrogens (tertiary/aromatic N) is 1. The van der Waals surface area contributed by atoms with Crippen molar-refractivity contribution in [3.05, 3.63) is 29.3 Å². The van der Waals surface area contributed by atoms with E-state index in [9.17, 15) is 0 Å².